The highest BCUT2D eigenvalue weighted by molar-refractivity contribution is 7.89. The van der Waals surface area contributed by atoms with Crippen molar-refractivity contribution in [3.05, 3.63) is 18.0 Å². The van der Waals surface area contributed by atoms with Crippen LogP contribution < -0.4 is 0 Å². The molecule has 2 unspecified atom stereocenters. The van der Waals surface area contributed by atoms with Crippen LogP contribution in [-0.4, -0.2) is 30.4 Å². The molecule has 2 heterocycles. The minimum Gasteiger partial charge on any atom is -0.346 e. The SMILES string of the molecule is CC(C)n1cc(S(=O)(=O)N2CC3CCCC3C2)cc1CCl. The quantitative estimate of drug-likeness (QED) is 0.795. The number of fused-ring (bicyclic) bond motifs is 1. The molecule has 1 aromatic rings. The van der Waals surface area contributed by atoms with Gasteiger partial charge in [-0.1, -0.05) is 6.42 Å². The second kappa shape index (κ2) is 5.60. The fourth-order valence-corrected chi connectivity index (χ4v) is 5.58. The van der Waals surface area contributed by atoms with Gasteiger partial charge in [-0.3, -0.25) is 0 Å². The maximum atomic E-state index is 12.8. The Morgan fingerprint density at radius 1 is 1.29 bits per heavy atom. The first-order valence-corrected chi connectivity index (χ1v) is 9.67. The summed E-state index contributed by atoms with van der Waals surface area (Å²) in [5.41, 5.74) is 0.865. The molecule has 1 aromatic heterocycles. The third kappa shape index (κ3) is 2.64. The smallest absolute Gasteiger partial charge is 0.244 e. The summed E-state index contributed by atoms with van der Waals surface area (Å²) in [5, 5.41) is 0. The number of aromatic nitrogens is 1. The average Bonchev–Trinajstić information content (AvgIpc) is 3.11. The topological polar surface area (TPSA) is 42.3 Å². The first-order chi connectivity index (χ1) is 9.93. The van der Waals surface area contributed by atoms with E-state index in [4.69, 9.17) is 11.6 Å². The van der Waals surface area contributed by atoms with Crippen LogP contribution in [0.5, 0.6) is 0 Å². The molecule has 118 valence electrons. The van der Waals surface area contributed by atoms with Crippen LogP contribution in [0.1, 0.15) is 44.8 Å². The second-order valence-corrected chi connectivity index (χ2v) is 8.78. The first kappa shape index (κ1) is 15.4. The molecule has 0 N–H and O–H groups in total. The third-order valence-electron chi connectivity index (χ3n) is 4.93. The molecule has 1 saturated carbocycles. The van der Waals surface area contributed by atoms with E-state index in [1.165, 1.54) is 19.3 Å². The minimum atomic E-state index is -3.37. The van der Waals surface area contributed by atoms with Gasteiger partial charge >= 0.3 is 0 Å². The molecule has 0 aromatic carbocycles. The van der Waals surface area contributed by atoms with E-state index in [2.05, 4.69) is 0 Å². The van der Waals surface area contributed by atoms with Gasteiger partial charge in [-0.05, 0) is 44.6 Å². The highest BCUT2D eigenvalue weighted by atomic mass is 35.5. The van der Waals surface area contributed by atoms with Crippen molar-refractivity contribution in [2.75, 3.05) is 13.1 Å². The highest BCUT2D eigenvalue weighted by Gasteiger charge is 2.41. The minimum absolute atomic E-state index is 0.209. The zero-order chi connectivity index (χ0) is 15.2. The Morgan fingerprint density at radius 2 is 1.90 bits per heavy atom. The van der Waals surface area contributed by atoms with E-state index in [1.807, 2.05) is 18.4 Å². The second-order valence-electron chi connectivity index (χ2n) is 6.57. The van der Waals surface area contributed by atoms with Gasteiger partial charge in [-0.25, -0.2) is 8.42 Å². The highest BCUT2D eigenvalue weighted by Crippen LogP contribution is 2.40. The fourth-order valence-electron chi connectivity index (χ4n) is 3.76. The van der Waals surface area contributed by atoms with Gasteiger partial charge in [-0.2, -0.15) is 4.31 Å². The Kier molecular flexibility index (Phi) is 4.10. The number of halogens is 1. The number of nitrogens with zero attached hydrogens (tertiary/aromatic N) is 2. The summed E-state index contributed by atoms with van der Waals surface area (Å²) in [6.07, 6.45) is 5.35. The van der Waals surface area contributed by atoms with Crippen LogP contribution in [0.4, 0.5) is 0 Å². The lowest BCUT2D eigenvalue weighted by Gasteiger charge is -2.16. The van der Waals surface area contributed by atoms with Crippen LogP contribution in [-0.2, 0) is 15.9 Å². The summed E-state index contributed by atoms with van der Waals surface area (Å²) < 4.78 is 29.3. The largest absolute Gasteiger partial charge is 0.346 e. The van der Waals surface area contributed by atoms with Gasteiger partial charge in [0.25, 0.3) is 0 Å². The average molecular weight is 331 g/mol. The summed E-state index contributed by atoms with van der Waals surface area (Å²) in [7, 11) is -3.37. The zero-order valence-corrected chi connectivity index (χ0v) is 14.2. The van der Waals surface area contributed by atoms with Gasteiger partial charge in [0, 0.05) is 31.0 Å². The molecule has 0 radical (unpaired) electrons. The number of hydrogen-bond donors (Lipinski definition) is 0. The van der Waals surface area contributed by atoms with Crippen LogP contribution in [0.3, 0.4) is 0 Å². The molecule has 3 rings (SSSR count). The van der Waals surface area contributed by atoms with E-state index < -0.39 is 10.0 Å². The monoisotopic (exact) mass is 330 g/mol. The third-order valence-corrected chi connectivity index (χ3v) is 7.00. The maximum absolute atomic E-state index is 12.8. The van der Waals surface area contributed by atoms with Gasteiger partial charge in [0.2, 0.25) is 10.0 Å². The molecule has 4 nitrogen and oxygen atoms in total. The van der Waals surface area contributed by atoms with E-state index in [0.717, 1.165) is 5.69 Å². The molecule has 0 spiro atoms. The van der Waals surface area contributed by atoms with E-state index >= 15 is 0 Å². The van der Waals surface area contributed by atoms with Crippen LogP contribution >= 0.6 is 11.6 Å². The van der Waals surface area contributed by atoms with Gasteiger partial charge in [0.1, 0.15) is 4.90 Å². The van der Waals surface area contributed by atoms with E-state index in [1.54, 1.807) is 16.6 Å². The normalized spacial score (nSPS) is 26.7. The molecule has 0 amide bonds. The summed E-state index contributed by atoms with van der Waals surface area (Å²) in [5.74, 6) is 1.47. The number of rotatable bonds is 4. The van der Waals surface area contributed by atoms with E-state index in [0.29, 0.717) is 35.7 Å². The van der Waals surface area contributed by atoms with Gasteiger partial charge in [0.15, 0.2) is 0 Å². The van der Waals surface area contributed by atoms with Gasteiger partial charge in [0.05, 0.1) is 5.88 Å². The van der Waals surface area contributed by atoms with Crippen molar-refractivity contribution >= 4 is 21.6 Å². The van der Waals surface area contributed by atoms with Crippen molar-refractivity contribution in [1.29, 1.82) is 0 Å². The molecule has 2 aliphatic rings. The maximum Gasteiger partial charge on any atom is 0.244 e. The summed E-state index contributed by atoms with van der Waals surface area (Å²) >= 11 is 5.95. The Bertz CT molecular complexity index is 612. The van der Waals surface area contributed by atoms with Crippen molar-refractivity contribution in [3.63, 3.8) is 0 Å². The van der Waals surface area contributed by atoms with Crippen LogP contribution in [0, 0.1) is 11.8 Å². The first-order valence-electron chi connectivity index (χ1n) is 7.70. The molecule has 2 atom stereocenters. The number of alkyl halides is 1. The molecule has 2 fully saturated rings. The van der Waals surface area contributed by atoms with Crippen molar-refractivity contribution < 1.29 is 8.42 Å². The standard InChI is InChI=1S/C15H23ClN2O2S/c1-11(2)18-10-15(6-14(18)7-16)21(19,20)17-8-12-4-3-5-13(12)9-17/h6,10-13H,3-5,7-9H2,1-2H3. The molecule has 1 saturated heterocycles. The van der Waals surface area contributed by atoms with Crippen molar-refractivity contribution in [2.24, 2.45) is 11.8 Å². The molecule has 0 bridgehead atoms. The van der Waals surface area contributed by atoms with Crippen molar-refractivity contribution in [1.82, 2.24) is 8.87 Å². The van der Waals surface area contributed by atoms with Crippen LogP contribution in [0.25, 0.3) is 0 Å². The summed E-state index contributed by atoms with van der Waals surface area (Å²) in [6.45, 7) is 5.45. The predicted octanol–water partition coefficient (Wildman–Crippen LogP) is 3.23. The lowest BCUT2D eigenvalue weighted by atomic mass is 10.0. The van der Waals surface area contributed by atoms with E-state index in [-0.39, 0.29) is 6.04 Å². The lowest BCUT2D eigenvalue weighted by molar-refractivity contribution is 0.445. The number of hydrogen-bond acceptors (Lipinski definition) is 2. The van der Waals surface area contributed by atoms with Gasteiger partial charge < -0.3 is 4.57 Å². The fraction of sp³-hybridized carbons (Fsp3) is 0.733. The molecular formula is C15H23ClN2O2S. The van der Waals surface area contributed by atoms with E-state index in [9.17, 15) is 8.42 Å². The summed E-state index contributed by atoms with van der Waals surface area (Å²) in [6, 6.07) is 1.94. The number of sulfonamides is 1. The molecular weight excluding hydrogens is 308 g/mol. The zero-order valence-electron chi connectivity index (χ0n) is 12.6. The molecule has 21 heavy (non-hydrogen) atoms. The van der Waals surface area contributed by atoms with Gasteiger partial charge in [-0.15, -0.1) is 11.6 Å². The molecule has 6 heteroatoms. The Morgan fingerprint density at radius 3 is 2.38 bits per heavy atom. The Labute approximate surface area is 132 Å². The molecule has 1 aliphatic heterocycles. The Hall–Kier alpha value is -0.520. The van der Waals surface area contributed by atoms with Crippen molar-refractivity contribution in [2.45, 2.75) is 49.9 Å². The predicted molar refractivity (Wildman–Crippen MR) is 84.0 cm³/mol. The van der Waals surface area contributed by atoms with Crippen LogP contribution in [0.2, 0.25) is 0 Å². The van der Waals surface area contributed by atoms with Crippen LogP contribution in [0.15, 0.2) is 17.2 Å². The lowest BCUT2D eigenvalue weighted by Crippen LogP contribution is -2.29. The van der Waals surface area contributed by atoms with Crippen molar-refractivity contribution in [3.8, 4) is 0 Å². The molecule has 1 aliphatic carbocycles. The Balaban J connectivity index is 1.88. The summed E-state index contributed by atoms with van der Waals surface area (Å²) in [4.78, 5) is 0.395.